The second-order valence-corrected chi connectivity index (χ2v) is 4.82. The summed E-state index contributed by atoms with van der Waals surface area (Å²) in [5.41, 5.74) is 4.36. The molecule has 14 heavy (non-hydrogen) atoms. The Morgan fingerprint density at radius 1 is 1.29 bits per heavy atom. The molecule has 0 aliphatic carbocycles. The Labute approximate surface area is 88.8 Å². The highest BCUT2D eigenvalue weighted by Crippen LogP contribution is 2.26. The number of benzene rings is 1. The van der Waals surface area contributed by atoms with Gasteiger partial charge in [0.15, 0.2) is 0 Å². The van der Waals surface area contributed by atoms with E-state index in [1.165, 1.54) is 5.56 Å². The maximum Gasteiger partial charge on any atom is 0.125 e. The van der Waals surface area contributed by atoms with Crippen LogP contribution in [-0.2, 0) is 0 Å². The van der Waals surface area contributed by atoms with Gasteiger partial charge in [0.2, 0.25) is 0 Å². The highest BCUT2D eigenvalue weighted by atomic mass is 32.2. The molecule has 0 saturated heterocycles. The Bertz CT molecular complexity index is 332. The Morgan fingerprint density at radius 3 is 2.57 bits per heavy atom. The maximum atomic E-state index is 4.34. The number of rotatable bonds is 2. The molecule has 1 aliphatic heterocycles. The molecule has 2 rings (SSSR count). The van der Waals surface area contributed by atoms with Crippen molar-refractivity contribution in [2.24, 2.45) is 11.0 Å². The minimum atomic E-state index is 0.421. The fraction of sp³-hybridized carbons (Fsp3) is 0.364. The van der Waals surface area contributed by atoms with Crippen LogP contribution in [0.1, 0.15) is 19.4 Å². The number of hydrazone groups is 1. The number of nitrogens with one attached hydrogen (secondary N) is 1. The average Bonchev–Trinajstić information content (AvgIpc) is 2.68. The summed E-state index contributed by atoms with van der Waals surface area (Å²) in [4.78, 5) is 0. The summed E-state index contributed by atoms with van der Waals surface area (Å²) >= 11 is 1.81. The van der Waals surface area contributed by atoms with Crippen molar-refractivity contribution in [3.8, 4) is 0 Å². The topological polar surface area (TPSA) is 24.4 Å². The van der Waals surface area contributed by atoms with Gasteiger partial charge in [0, 0.05) is 5.56 Å². The van der Waals surface area contributed by atoms with E-state index in [0.29, 0.717) is 11.3 Å². The van der Waals surface area contributed by atoms with Gasteiger partial charge >= 0.3 is 0 Å². The minimum Gasteiger partial charge on any atom is -0.295 e. The summed E-state index contributed by atoms with van der Waals surface area (Å²) < 4.78 is 0. The van der Waals surface area contributed by atoms with E-state index in [-0.39, 0.29) is 0 Å². The molecule has 0 amide bonds. The molecule has 1 aliphatic rings. The van der Waals surface area contributed by atoms with Gasteiger partial charge in [-0.05, 0) is 5.92 Å². The number of thioether (sulfide) groups is 1. The molecule has 0 saturated carbocycles. The van der Waals surface area contributed by atoms with Crippen LogP contribution in [-0.4, -0.2) is 10.4 Å². The van der Waals surface area contributed by atoms with Gasteiger partial charge in [-0.2, -0.15) is 5.10 Å². The van der Waals surface area contributed by atoms with Crippen LogP contribution in [0, 0.1) is 5.92 Å². The van der Waals surface area contributed by atoms with Gasteiger partial charge in [0.1, 0.15) is 5.04 Å². The van der Waals surface area contributed by atoms with Crippen molar-refractivity contribution in [1.82, 2.24) is 5.43 Å². The molecule has 0 radical (unpaired) electrons. The zero-order valence-corrected chi connectivity index (χ0v) is 9.21. The van der Waals surface area contributed by atoms with E-state index in [2.05, 4.69) is 36.5 Å². The second kappa shape index (κ2) is 4.05. The minimum absolute atomic E-state index is 0.421. The van der Waals surface area contributed by atoms with E-state index < -0.39 is 0 Å². The van der Waals surface area contributed by atoms with Crippen LogP contribution in [0.2, 0.25) is 0 Å². The molecule has 2 nitrogen and oxygen atoms in total. The van der Waals surface area contributed by atoms with Crippen molar-refractivity contribution in [2.45, 2.75) is 19.2 Å². The third-order valence-electron chi connectivity index (χ3n) is 2.16. The first-order chi connectivity index (χ1) is 6.77. The summed E-state index contributed by atoms with van der Waals surface area (Å²) in [5, 5.41) is 5.86. The molecule has 1 aromatic carbocycles. The highest BCUT2D eigenvalue weighted by Gasteiger charge is 2.22. The molecule has 74 valence electrons. The Hall–Kier alpha value is -0.960. The normalized spacial score (nSPS) is 20.8. The van der Waals surface area contributed by atoms with Gasteiger partial charge in [0.25, 0.3) is 0 Å². The first-order valence-electron chi connectivity index (χ1n) is 4.82. The molecule has 0 bridgehead atoms. The smallest absolute Gasteiger partial charge is 0.125 e. The van der Waals surface area contributed by atoms with Crippen molar-refractivity contribution < 1.29 is 0 Å². The first kappa shape index (κ1) is 9.59. The van der Waals surface area contributed by atoms with Crippen LogP contribution < -0.4 is 5.43 Å². The zero-order valence-electron chi connectivity index (χ0n) is 8.40. The van der Waals surface area contributed by atoms with E-state index in [0.717, 1.165) is 5.04 Å². The fourth-order valence-corrected chi connectivity index (χ4v) is 2.29. The molecular formula is C11H14N2S. The Kier molecular flexibility index (Phi) is 2.77. The van der Waals surface area contributed by atoms with E-state index in [4.69, 9.17) is 0 Å². The first-order valence-corrected chi connectivity index (χ1v) is 5.70. The van der Waals surface area contributed by atoms with E-state index >= 15 is 0 Å². The molecular weight excluding hydrogens is 192 g/mol. The predicted molar refractivity (Wildman–Crippen MR) is 62.3 cm³/mol. The number of hydrogen-bond acceptors (Lipinski definition) is 3. The Balaban J connectivity index is 2.09. The molecule has 1 N–H and O–H groups in total. The number of nitrogens with zero attached hydrogens (tertiary/aromatic N) is 1. The van der Waals surface area contributed by atoms with Gasteiger partial charge in [-0.1, -0.05) is 55.9 Å². The summed E-state index contributed by atoms with van der Waals surface area (Å²) in [6.45, 7) is 4.40. The monoisotopic (exact) mass is 206 g/mol. The van der Waals surface area contributed by atoms with Crippen molar-refractivity contribution in [3.05, 3.63) is 35.9 Å². The summed E-state index contributed by atoms with van der Waals surface area (Å²) in [6.07, 6.45) is 0. The predicted octanol–water partition coefficient (Wildman–Crippen LogP) is 2.67. The SMILES string of the molecule is CC(C)C1NN=C(c2ccccc2)S1. The second-order valence-electron chi connectivity index (χ2n) is 3.69. The molecule has 1 unspecified atom stereocenters. The van der Waals surface area contributed by atoms with Gasteiger partial charge in [0.05, 0.1) is 5.37 Å². The van der Waals surface area contributed by atoms with Gasteiger partial charge in [-0.15, -0.1) is 0 Å². The lowest BCUT2D eigenvalue weighted by atomic mass is 10.2. The fourth-order valence-electron chi connectivity index (χ4n) is 1.29. The zero-order chi connectivity index (χ0) is 9.97. The number of hydrogen-bond donors (Lipinski definition) is 1. The van der Waals surface area contributed by atoms with E-state index in [9.17, 15) is 0 Å². The van der Waals surface area contributed by atoms with Crippen molar-refractivity contribution >= 4 is 16.8 Å². The van der Waals surface area contributed by atoms with Crippen LogP contribution >= 0.6 is 11.8 Å². The van der Waals surface area contributed by atoms with Gasteiger partial charge in [-0.3, -0.25) is 5.43 Å². The van der Waals surface area contributed by atoms with Gasteiger partial charge < -0.3 is 0 Å². The molecule has 0 fully saturated rings. The van der Waals surface area contributed by atoms with Gasteiger partial charge in [-0.25, -0.2) is 0 Å². The quantitative estimate of drug-likeness (QED) is 0.804. The van der Waals surface area contributed by atoms with Crippen LogP contribution in [0.25, 0.3) is 0 Å². The van der Waals surface area contributed by atoms with Crippen LogP contribution in [0.15, 0.2) is 35.4 Å². The highest BCUT2D eigenvalue weighted by molar-refractivity contribution is 8.15. The van der Waals surface area contributed by atoms with Crippen molar-refractivity contribution in [1.29, 1.82) is 0 Å². The van der Waals surface area contributed by atoms with Crippen molar-refractivity contribution in [2.75, 3.05) is 0 Å². The molecule has 3 heteroatoms. The molecule has 1 aromatic rings. The van der Waals surface area contributed by atoms with Crippen molar-refractivity contribution in [3.63, 3.8) is 0 Å². The summed E-state index contributed by atoms with van der Waals surface area (Å²) in [7, 11) is 0. The standard InChI is InChI=1S/C11H14N2S/c1-8(2)10-12-13-11(14-10)9-6-4-3-5-7-9/h3-8,10,12H,1-2H3. The molecule has 1 heterocycles. The Morgan fingerprint density at radius 2 is 2.00 bits per heavy atom. The molecule has 0 aromatic heterocycles. The lowest BCUT2D eigenvalue weighted by molar-refractivity contribution is 0.538. The summed E-state index contributed by atoms with van der Waals surface area (Å²) in [6, 6.07) is 10.3. The molecule has 1 atom stereocenters. The summed E-state index contributed by atoms with van der Waals surface area (Å²) in [5.74, 6) is 0.602. The lowest BCUT2D eigenvalue weighted by Gasteiger charge is -2.12. The third-order valence-corrected chi connectivity index (χ3v) is 3.61. The van der Waals surface area contributed by atoms with Crippen LogP contribution in [0.3, 0.4) is 0 Å². The maximum absolute atomic E-state index is 4.34. The lowest BCUT2D eigenvalue weighted by Crippen LogP contribution is -2.21. The largest absolute Gasteiger partial charge is 0.295 e. The molecule has 0 spiro atoms. The average molecular weight is 206 g/mol. The van der Waals surface area contributed by atoms with E-state index in [1.807, 2.05) is 30.0 Å². The van der Waals surface area contributed by atoms with Crippen LogP contribution in [0.4, 0.5) is 0 Å². The van der Waals surface area contributed by atoms with E-state index in [1.54, 1.807) is 0 Å². The van der Waals surface area contributed by atoms with Crippen LogP contribution in [0.5, 0.6) is 0 Å². The third kappa shape index (κ3) is 1.93.